The smallest absolute Gasteiger partial charge is 0.319 e. The molecule has 184 valence electrons. The molecule has 2 aliphatic heterocycles. The Hall–Kier alpha value is -3.72. The maximum Gasteiger partial charge on any atom is 0.319 e. The van der Waals surface area contributed by atoms with Crippen molar-refractivity contribution in [2.24, 2.45) is 0 Å². The molecule has 0 bridgehead atoms. The summed E-state index contributed by atoms with van der Waals surface area (Å²) >= 11 is 0. The van der Waals surface area contributed by atoms with Crippen LogP contribution in [0.2, 0.25) is 0 Å². The number of aromatic nitrogens is 1. The Bertz CT molecular complexity index is 1060. The molecule has 2 fully saturated rings. The fourth-order valence-corrected chi connectivity index (χ4v) is 4.06. The van der Waals surface area contributed by atoms with Gasteiger partial charge in [-0.1, -0.05) is 6.07 Å². The van der Waals surface area contributed by atoms with Crippen LogP contribution in [0.1, 0.15) is 35.3 Å². The van der Waals surface area contributed by atoms with Gasteiger partial charge < -0.3 is 25.2 Å². The highest BCUT2D eigenvalue weighted by atomic mass is 16.5. The Morgan fingerprint density at radius 2 is 1.69 bits per heavy atom. The summed E-state index contributed by atoms with van der Waals surface area (Å²) in [5, 5.41) is 5.28. The van der Waals surface area contributed by atoms with Gasteiger partial charge in [0.15, 0.2) is 5.78 Å². The SMILES string of the molecule is O=C(NCC(=O)N1CCCCC1)Nc1ccc(C(=O)C=Cc2cccc(N3CCOCC3)n2)cc1. The summed E-state index contributed by atoms with van der Waals surface area (Å²) in [6, 6.07) is 11.9. The molecule has 0 spiro atoms. The van der Waals surface area contributed by atoms with Crippen LogP contribution in [0.15, 0.2) is 48.5 Å². The predicted molar refractivity (Wildman–Crippen MR) is 135 cm³/mol. The van der Waals surface area contributed by atoms with E-state index in [2.05, 4.69) is 20.5 Å². The fraction of sp³-hybridized carbons (Fsp3) is 0.385. The van der Waals surface area contributed by atoms with Crippen LogP contribution in [0, 0.1) is 0 Å². The lowest BCUT2D eigenvalue weighted by Crippen LogP contribution is -2.43. The first-order valence-electron chi connectivity index (χ1n) is 12.0. The molecule has 0 saturated carbocycles. The topological polar surface area (TPSA) is 104 Å². The number of nitrogens with one attached hydrogen (secondary N) is 2. The Kier molecular flexibility index (Phi) is 8.45. The van der Waals surface area contributed by atoms with Crippen molar-refractivity contribution in [3.05, 3.63) is 59.8 Å². The number of nitrogens with zero attached hydrogens (tertiary/aromatic N) is 3. The van der Waals surface area contributed by atoms with Gasteiger partial charge in [0.1, 0.15) is 5.82 Å². The van der Waals surface area contributed by atoms with Gasteiger partial charge in [0.25, 0.3) is 0 Å². The van der Waals surface area contributed by atoms with Gasteiger partial charge in [-0.2, -0.15) is 0 Å². The second kappa shape index (κ2) is 12.1. The van der Waals surface area contributed by atoms with Crippen molar-refractivity contribution in [1.82, 2.24) is 15.2 Å². The molecule has 9 nitrogen and oxygen atoms in total. The van der Waals surface area contributed by atoms with Crippen LogP contribution in [0.4, 0.5) is 16.3 Å². The van der Waals surface area contributed by atoms with Crippen molar-refractivity contribution in [3.63, 3.8) is 0 Å². The summed E-state index contributed by atoms with van der Waals surface area (Å²) in [4.78, 5) is 45.4. The summed E-state index contributed by atoms with van der Waals surface area (Å²) in [6.07, 6.45) is 6.36. The van der Waals surface area contributed by atoms with E-state index in [9.17, 15) is 14.4 Å². The van der Waals surface area contributed by atoms with Gasteiger partial charge in [-0.05, 0) is 67.8 Å². The van der Waals surface area contributed by atoms with Crippen molar-refractivity contribution in [3.8, 4) is 0 Å². The second-order valence-corrected chi connectivity index (χ2v) is 8.54. The number of carbonyl (C=O) groups is 3. The summed E-state index contributed by atoms with van der Waals surface area (Å²) in [5.41, 5.74) is 1.74. The molecular formula is C26H31N5O4. The summed E-state index contributed by atoms with van der Waals surface area (Å²) in [5.74, 6) is 0.637. The van der Waals surface area contributed by atoms with Gasteiger partial charge in [-0.25, -0.2) is 9.78 Å². The zero-order valence-corrected chi connectivity index (χ0v) is 19.7. The van der Waals surface area contributed by atoms with E-state index in [-0.39, 0.29) is 18.2 Å². The van der Waals surface area contributed by atoms with Crippen LogP contribution in [0.5, 0.6) is 0 Å². The first-order chi connectivity index (χ1) is 17.1. The van der Waals surface area contributed by atoms with Crippen LogP contribution in [0.25, 0.3) is 6.08 Å². The zero-order chi connectivity index (χ0) is 24.5. The van der Waals surface area contributed by atoms with E-state index in [1.165, 1.54) is 6.08 Å². The molecule has 4 rings (SSSR count). The zero-order valence-electron chi connectivity index (χ0n) is 19.7. The molecule has 9 heteroatoms. The van der Waals surface area contributed by atoms with Gasteiger partial charge in [0.2, 0.25) is 5.91 Å². The lowest BCUT2D eigenvalue weighted by atomic mass is 10.1. The van der Waals surface area contributed by atoms with E-state index in [1.54, 1.807) is 35.2 Å². The molecule has 1 aromatic carbocycles. The Morgan fingerprint density at radius 3 is 2.43 bits per heavy atom. The number of carbonyl (C=O) groups excluding carboxylic acids is 3. The first-order valence-corrected chi connectivity index (χ1v) is 12.0. The number of pyridine rings is 1. The average molecular weight is 478 g/mol. The molecule has 35 heavy (non-hydrogen) atoms. The molecule has 3 heterocycles. The molecule has 2 N–H and O–H groups in total. The van der Waals surface area contributed by atoms with Crippen molar-refractivity contribution in [2.45, 2.75) is 19.3 Å². The van der Waals surface area contributed by atoms with Crippen LogP contribution in [-0.4, -0.2) is 73.5 Å². The Morgan fingerprint density at radius 1 is 0.943 bits per heavy atom. The number of hydrogen-bond donors (Lipinski definition) is 2. The molecule has 3 amide bonds. The molecule has 0 radical (unpaired) electrons. The number of hydrogen-bond acceptors (Lipinski definition) is 6. The number of piperidine rings is 1. The molecular weight excluding hydrogens is 446 g/mol. The van der Waals surface area contributed by atoms with Gasteiger partial charge in [-0.15, -0.1) is 0 Å². The van der Waals surface area contributed by atoms with E-state index < -0.39 is 6.03 Å². The van der Waals surface area contributed by atoms with Gasteiger partial charge >= 0.3 is 6.03 Å². The lowest BCUT2D eigenvalue weighted by Gasteiger charge is -2.27. The molecule has 2 saturated heterocycles. The minimum absolute atomic E-state index is 0.0338. The number of allylic oxidation sites excluding steroid dienone is 1. The molecule has 1 aromatic heterocycles. The third-order valence-corrected chi connectivity index (χ3v) is 6.03. The molecule has 2 aromatic rings. The monoisotopic (exact) mass is 477 g/mol. The van der Waals surface area contributed by atoms with E-state index in [4.69, 9.17) is 4.74 Å². The standard InChI is InChI=1S/C26H31N5O4/c32-23(12-11-21-5-4-6-24(28-21)30-15-17-35-18-16-30)20-7-9-22(10-8-20)29-26(34)27-19-25(33)31-13-2-1-3-14-31/h4-12H,1-3,13-19H2,(H2,27,29,34). The Labute approximate surface area is 205 Å². The van der Waals surface area contributed by atoms with E-state index >= 15 is 0 Å². The van der Waals surface area contributed by atoms with Gasteiger partial charge in [0, 0.05) is 37.4 Å². The number of ether oxygens (including phenoxy) is 1. The van der Waals surface area contributed by atoms with Gasteiger partial charge in [-0.3, -0.25) is 9.59 Å². The van der Waals surface area contributed by atoms with Crippen molar-refractivity contribution in [1.29, 1.82) is 0 Å². The van der Waals surface area contributed by atoms with Crippen molar-refractivity contribution >= 4 is 35.3 Å². The summed E-state index contributed by atoms with van der Waals surface area (Å²) < 4.78 is 5.38. The third-order valence-electron chi connectivity index (χ3n) is 6.03. The minimum atomic E-state index is -0.458. The number of benzene rings is 1. The lowest BCUT2D eigenvalue weighted by molar-refractivity contribution is -0.130. The first kappa shape index (κ1) is 24.4. The molecule has 0 atom stereocenters. The summed E-state index contributed by atoms with van der Waals surface area (Å²) in [7, 11) is 0. The number of likely N-dealkylation sites (tertiary alicyclic amines) is 1. The molecule has 0 unspecified atom stereocenters. The maximum absolute atomic E-state index is 12.6. The Balaban J connectivity index is 1.26. The van der Waals surface area contributed by atoms with Crippen molar-refractivity contribution in [2.75, 3.05) is 56.2 Å². The highest BCUT2D eigenvalue weighted by Crippen LogP contribution is 2.15. The second-order valence-electron chi connectivity index (χ2n) is 8.54. The van der Waals surface area contributed by atoms with E-state index in [0.29, 0.717) is 30.2 Å². The highest BCUT2D eigenvalue weighted by molar-refractivity contribution is 6.07. The highest BCUT2D eigenvalue weighted by Gasteiger charge is 2.17. The quantitative estimate of drug-likeness (QED) is 0.469. The number of morpholine rings is 1. The molecule has 2 aliphatic rings. The number of amides is 3. The fourth-order valence-electron chi connectivity index (χ4n) is 4.06. The maximum atomic E-state index is 12.6. The average Bonchev–Trinajstić information content (AvgIpc) is 2.92. The van der Waals surface area contributed by atoms with Crippen LogP contribution in [-0.2, 0) is 9.53 Å². The summed E-state index contributed by atoms with van der Waals surface area (Å²) in [6.45, 7) is 4.43. The predicted octanol–water partition coefficient (Wildman–Crippen LogP) is 2.95. The number of urea groups is 1. The third kappa shape index (κ3) is 7.13. The van der Waals surface area contributed by atoms with E-state index in [1.807, 2.05) is 18.2 Å². The van der Waals surface area contributed by atoms with Crippen LogP contribution < -0.4 is 15.5 Å². The van der Waals surface area contributed by atoms with Crippen molar-refractivity contribution < 1.29 is 19.1 Å². The van der Waals surface area contributed by atoms with E-state index in [0.717, 1.165) is 51.3 Å². The minimum Gasteiger partial charge on any atom is -0.378 e. The molecule has 0 aliphatic carbocycles. The normalized spacial score (nSPS) is 16.2. The number of anilines is 2. The number of rotatable bonds is 7. The number of ketones is 1. The van der Waals surface area contributed by atoms with Crippen LogP contribution in [0.3, 0.4) is 0 Å². The van der Waals surface area contributed by atoms with Crippen LogP contribution >= 0.6 is 0 Å². The largest absolute Gasteiger partial charge is 0.378 e. The van der Waals surface area contributed by atoms with Gasteiger partial charge in [0.05, 0.1) is 25.5 Å².